The summed E-state index contributed by atoms with van der Waals surface area (Å²) < 4.78 is 5.45. The summed E-state index contributed by atoms with van der Waals surface area (Å²) in [4.78, 5) is 2.43. The molecule has 118 valence electrons. The second-order valence-electron chi connectivity index (χ2n) is 5.81. The zero-order chi connectivity index (χ0) is 15.1. The number of phenolic OH excluding ortho intramolecular Hbond substituents is 1. The average molecular weight is 292 g/mol. The molecular weight excluding hydrogens is 264 g/mol. The minimum Gasteiger partial charge on any atom is -0.504 e. The van der Waals surface area contributed by atoms with E-state index in [-0.39, 0.29) is 0 Å². The molecule has 21 heavy (non-hydrogen) atoms. The van der Waals surface area contributed by atoms with Crippen LogP contribution in [0.25, 0.3) is 0 Å². The molecule has 1 saturated heterocycles. The Bertz CT molecular complexity index is 429. The Balaban J connectivity index is 1.87. The molecule has 4 heteroatoms. The fraction of sp³-hybridized carbons (Fsp3) is 0.647. The summed E-state index contributed by atoms with van der Waals surface area (Å²) >= 11 is 0. The normalized spacial score (nSPS) is 17.0. The maximum absolute atomic E-state index is 10.3. The van der Waals surface area contributed by atoms with Gasteiger partial charge in [0, 0.05) is 12.1 Å². The highest BCUT2D eigenvalue weighted by molar-refractivity contribution is 5.45. The first-order valence-corrected chi connectivity index (χ1v) is 8.05. The van der Waals surface area contributed by atoms with Gasteiger partial charge in [0.05, 0.1) is 6.61 Å². The number of nitrogens with one attached hydrogen (secondary N) is 1. The van der Waals surface area contributed by atoms with Crippen LogP contribution in [0.1, 0.15) is 31.7 Å². The molecule has 0 bridgehead atoms. The summed E-state index contributed by atoms with van der Waals surface area (Å²) in [6.45, 7) is 6.67. The third-order valence-electron chi connectivity index (χ3n) is 4.29. The minimum absolute atomic E-state index is 0.302. The molecule has 1 heterocycles. The minimum atomic E-state index is 0.302. The zero-order valence-corrected chi connectivity index (χ0v) is 13.3. The Hall–Kier alpha value is -1.26. The van der Waals surface area contributed by atoms with Crippen molar-refractivity contribution in [1.82, 2.24) is 10.2 Å². The summed E-state index contributed by atoms with van der Waals surface area (Å²) in [7, 11) is 2.02. The molecule has 1 aliphatic rings. The summed E-state index contributed by atoms with van der Waals surface area (Å²) in [6.07, 6.45) is 3.79. The van der Waals surface area contributed by atoms with Crippen LogP contribution in [0.3, 0.4) is 0 Å². The van der Waals surface area contributed by atoms with Crippen LogP contribution in [-0.4, -0.2) is 43.3 Å². The lowest BCUT2D eigenvalue weighted by molar-refractivity contribution is 0.170. The molecule has 4 nitrogen and oxygen atoms in total. The van der Waals surface area contributed by atoms with Gasteiger partial charge >= 0.3 is 0 Å². The van der Waals surface area contributed by atoms with Crippen LogP contribution in [0.15, 0.2) is 18.2 Å². The summed E-state index contributed by atoms with van der Waals surface area (Å²) in [5.41, 5.74) is 0.967. The molecule has 0 radical (unpaired) electrons. The van der Waals surface area contributed by atoms with E-state index in [4.69, 9.17) is 4.74 Å². The van der Waals surface area contributed by atoms with Crippen molar-refractivity contribution in [3.05, 3.63) is 23.8 Å². The molecular formula is C17H28N2O2. The Labute approximate surface area is 128 Å². The smallest absolute Gasteiger partial charge is 0.162 e. The monoisotopic (exact) mass is 292 g/mol. The molecule has 0 aliphatic carbocycles. The van der Waals surface area contributed by atoms with Crippen LogP contribution in [0, 0.1) is 5.92 Å². The Kier molecular flexibility index (Phi) is 6.33. The highest BCUT2D eigenvalue weighted by atomic mass is 16.5. The van der Waals surface area contributed by atoms with Gasteiger partial charge in [-0.1, -0.05) is 12.1 Å². The van der Waals surface area contributed by atoms with E-state index in [1.807, 2.05) is 32.2 Å². The summed E-state index contributed by atoms with van der Waals surface area (Å²) in [5.74, 6) is 1.74. The molecule has 0 saturated carbocycles. The predicted molar refractivity (Wildman–Crippen MR) is 85.8 cm³/mol. The molecule has 0 unspecified atom stereocenters. The van der Waals surface area contributed by atoms with Crippen molar-refractivity contribution in [2.24, 2.45) is 5.92 Å². The van der Waals surface area contributed by atoms with Gasteiger partial charge in [-0.05, 0) is 64.9 Å². The summed E-state index contributed by atoms with van der Waals surface area (Å²) in [5, 5.41) is 13.5. The maximum Gasteiger partial charge on any atom is 0.162 e. The number of nitrogens with zero attached hydrogens (tertiary/aromatic N) is 1. The number of ether oxygens (including phenoxy) is 1. The predicted octanol–water partition coefficient (Wildman–Crippen LogP) is 2.61. The van der Waals surface area contributed by atoms with E-state index in [0.717, 1.165) is 37.7 Å². The molecule has 1 aromatic carbocycles. The summed E-state index contributed by atoms with van der Waals surface area (Å²) in [6, 6.07) is 5.77. The number of hydrogen-bond donors (Lipinski definition) is 2. The lowest BCUT2D eigenvalue weighted by Crippen LogP contribution is -2.34. The van der Waals surface area contributed by atoms with Crippen LogP contribution in [0.2, 0.25) is 0 Å². The largest absolute Gasteiger partial charge is 0.504 e. The fourth-order valence-electron chi connectivity index (χ4n) is 2.99. The maximum atomic E-state index is 10.3. The Morgan fingerprint density at radius 1 is 1.33 bits per heavy atom. The Morgan fingerprint density at radius 3 is 2.76 bits per heavy atom. The van der Waals surface area contributed by atoms with Gasteiger partial charge in [0.15, 0.2) is 11.5 Å². The standard InChI is InChI=1S/C17H28N2O2/c1-3-21-16-6-4-5-15(17(16)20)13-19-11-8-14(9-12-19)7-10-18-2/h4-6,14,18,20H,3,7-13H2,1-2H3. The topological polar surface area (TPSA) is 44.7 Å². The molecule has 2 N–H and O–H groups in total. The molecule has 2 rings (SSSR count). The van der Waals surface area contributed by atoms with Gasteiger partial charge in [-0.25, -0.2) is 0 Å². The van der Waals surface area contributed by atoms with E-state index >= 15 is 0 Å². The number of hydrogen-bond acceptors (Lipinski definition) is 4. The lowest BCUT2D eigenvalue weighted by Gasteiger charge is -2.32. The molecule has 1 fully saturated rings. The number of piperidine rings is 1. The lowest BCUT2D eigenvalue weighted by atomic mass is 9.93. The van der Waals surface area contributed by atoms with Crippen molar-refractivity contribution >= 4 is 0 Å². The fourth-order valence-corrected chi connectivity index (χ4v) is 2.99. The van der Waals surface area contributed by atoms with Crippen molar-refractivity contribution in [3.63, 3.8) is 0 Å². The number of benzene rings is 1. The van der Waals surface area contributed by atoms with Crippen molar-refractivity contribution < 1.29 is 9.84 Å². The number of likely N-dealkylation sites (tertiary alicyclic amines) is 1. The van der Waals surface area contributed by atoms with E-state index in [1.165, 1.54) is 19.3 Å². The van der Waals surface area contributed by atoms with Gasteiger partial charge in [0.1, 0.15) is 0 Å². The zero-order valence-electron chi connectivity index (χ0n) is 13.3. The number of phenols is 1. The molecule has 0 spiro atoms. The van der Waals surface area contributed by atoms with Gasteiger partial charge in [0.2, 0.25) is 0 Å². The van der Waals surface area contributed by atoms with Crippen LogP contribution < -0.4 is 10.1 Å². The quantitative estimate of drug-likeness (QED) is 0.811. The van der Waals surface area contributed by atoms with Crippen molar-refractivity contribution in [2.45, 2.75) is 32.7 Å². The average Bonchev–Trinajstić information content (AvgIpc) is 2.51. The highest BCUT2D eigenvalue weighted by Crippen LogP contribution is 2.31. The number of rotatable bonds is 7. The highest BCUT2D eigenvalue weighted by Gasteiger charge is 2.20. The van der Waals surface area contributed by atoms with Gasteiger partial charge in [0.25, 0.3) is 0 Å². The first kappa shape index (κ1) is 16.1. The van der Waals surface area contributed by atoms with E-state index < -0.39 is 0 Å². The van der Waals surface area contributed by atoms with Gasteiger partial charge in [-0.15, -0.1) is 0 Å². The molecule has 0 aromatic heterocycles. The molecule has 0 amide bonds. The van der Waals surface area contributed by atoms with Crippen LogP contribution in [0.5, 0.6) is 11.5 Å². The van der Waals surface area contributed by atoms with Gasteiger partial charge < -0.3 is 15.2 Å². The third kappa shape index (κ3) is 4.61. The van der Waals surface area contributed by atoms with Crippen molar-refractivity contribution in [2.75, 3.05) is 33.3 Å². The SMILES string of the molecule is CCOc1cccc(CN2CCC(CCNC)CC2)c1O. The van der Waals surface area contributed by atoms with Crippen LogP contribution in [0.4, 0.5) is 0 Å². The second-order valence-corrected chi connectivity index (χ2v) is 5.81. The van der Waals surface area contributed by atoms with Crippen LogP contribution in [-0.2, 0) is 6.54 Å². The molecule has 1 aliphatic heterocycles. The van der Waals surface area contributed by atoms with E-state index in [0.29, 0.717) is 18.1 Å². The van der Waals surface area contributed by atoms with Crippen molar-refractivity contribution in [1.29, 1.82) is 0 Å². The second kappa shape index (κ2) is 8.25. The first-order chi connectivity index (χ1) is 10.2. The van der Waals surface area contributed by atoms with E-state index in [2.05, 4.69) is 10.2 Å². The number of aromatic hydroxyl groups is 1. The van der Waals surface area contributed by atoms with E-state index in [1.54, 1.807) is 0 Å². The Morgan fingerprint density at radius 2 is 2.10 bits per heavy atom. The number of para-hydroxylation sites is 1. The first-order valence-electron chi connectivity index (χ1n) is 8.05. The van der Waals surface area contributed by atoms with Crippen molar-refractivity contribution in [3.8, 4) is 11.5 Å². The van der Waals surface area contributed by atoms with Gasteiger partial charge in [-0.3, -0.25) is 4.90 Å². The third-order valence-corrected chi connectivity index (χ3v) is 4.29. The van der Waals surface area contributed by atoms with Gasteiger partial charge in [-0.2, -0.15) is 0 Å². The van der Waals surface area contributed by atoms with E-state index in [9.17, 15) is 5.11 Å². The molecule has 0 atom stereocenters. The molecule has 1 aromatic rings. The van der Waals surface area contributed by atoms with Crippen LogP contribution >= 0.6 is 0 Å².